The first kappa shape index (κ1) is 20.8. The molecule has 0 bridgehead atoms. The molecule has 0 spiro atoms. The van der Waals surface area contributed by atoms with Gasteiger partial charge in [-0.15, -0.1) is 0 Å². The molecule has 1 aromatic heterocycles. The number of hydrogen-bond acceptors (Lipinski definition) is 5. The zero-order valence-corrected chi connectivity index (χ0v) is 16.0. The standard InChI is InChI=1S/C20H17F2N3O5/c1-29-14-7-12(8-15(10-14)30-2)23-18(26)11-24-5-6-25(20(28)19(24)27)13-3-4-16(21)17(22)9-13/h3-10H,11H2,1-2H3,(H,23,26). The predicted octanol–water partition coefficient (Wildman–Crippen LogP) is 1.93. The Hall–Kier alpha value is -3.95. The molecule has 0 unspecified atom stereocenters. The monoisotopic (exact) mass is 417 g/mol. The minimum Gasteiger partial charge on any atom is -0.497 e. The Morgan fingerprint density at radius 3 is 2.20 bits per heavy atom. The van der Waals surface area contributed by atoms with Crippen molar-refractivity contribution >= 4 is 11.6 Å². The first-order chi connectivity index (χ1) is 14.3. The van der Waals surface area contributed by atoms with E-state index in [-0.39, 0.29) is 5.69 Å². The number of ether oxygens (including phenoxy) is 2. The minimum atomic E-state index is -1.16. The molecule has 3 rings (SSSR count). The number of anilines is 1. The van der Waals surface area contributed by atoms with Crippen LogP contribution in [0.3, 0.4) is 0 Å². The molecule has 0 aliphatic carbocycles. The Bertz CT molecular complexity index is 1200. The molecule has 1 heterocycles. The van der Waals surface area contributed by atoms with Crippen molar-refractivity contribution in [1.29, 1.82) is 0 Å². The summed E-state index contributed by atoms with van der Waals surface area (Å²) in [5.74, 6) is -1.90. The van der Waals surface area contributed by atoms with E-state index in [9.17, 15) is 23.2 Å². The average Bonchev–Trinajstić information content (AvgIpc) is 2.73. The van der Waals surface area contributed by atoms with Crippen LogP contribution in [0.25, 0.3) is 5.69 Å². The summed E-state index contributed by atoms with van der Waals surface area (Å²) in [6.07, 6.45) is 2.40. The fourth-order valence-corrected chi connectivity index (χ4v) is 2.71. The molecule has 0 aliphatic heterocycles. The van der Waals surface area contributed by atoms with Crippen molar-refractivity contribution in [3.8, 4) is 17.2 Å². The number of hydrogen-bond donors (Lipinski definition) is 1. The summed E-state index contributed by atoms with van der Waals surface area (Å²) in [6, 6.07) is 7.54. The number of amides is 1. The van der Waals surface area contributed by atoms with Crippen LogP contribution < -0.4 is 25.9 Å². The lowest BCUT2D eigenvalue weighted by atomic mass is 10.2. The number of nitrogens with one attached hydrogen (secondary N) is 1. The lowest BCUT2D eigenvalue weighted by Crippen LogP contribution is -2.41. The van der Waals surface area contributed by atoms with Crippen LogP contribution in [0, 0.1) is 11.6 Å². The van der Waals surface area contributed by atoms with E-state index < -0.39 is 35.2 Å². The number of benzene rings is 2. The summed E-state index contributed by atoms with van der Waals surface area (Å²) in [5.41, 5.74) is -1.66. The van der Waals surface area contributed by atoms with Crippen LogP contribution in [0.15, 0.2) is 58.4 Å². The topological polar surface area (TPSA) is 91.6 Å². The van der Waals surface area contributed by atoms with Crippen molar-refractivity contribution in [3.63, 3.8) is 0 Å². The third-order valence-electron chi connectivity index (χ3n) is 4.19. The van der Waals surface area contributed by atoms with Gasteiger partial charge in [0.1, 0.15) is 18.0 Å². The molecule has 30 heavy (non-hydrogen) atoms. The molecule has 156 valence electrons. The maximum absolute atomic E-state index is 13.4. The third-order valence-corrected chi connectivity index (χ3v) is 4.19. The molecular weight excluding hydrogens is 400 g/mol. The van der Waals surface area contributed by atoms with Crippen molar-refractivity contribution in [2.75, 3.05) is 19.5 Å². The molecule has 10 heteroatoms. The SMILES string of the molecule is COc1cc(NC(=O)Cn2ccn(-c3ccc(F)c(F)c3)c(=O)c2=O)cc(OC)c1. The Labute approximate surface area is 168 Å². The van der Waals surface area contributed by atoms with E-state index in [0.717, 1.165) is 27.3 Å². The van der Waals surface area contributed by atoms with Crippen LogP contribution in [0.1, 0.15) is 0 Å². The van der Waals surface area contributed by atoms with E-state index in [1.165, 1.54) is 26.6 Å². The summed E-state index contributed by atoms with van der Waals surface area (Å²) in [4.78, 5) is 37.0. The molecule has 0 saturated carbocycles. The van der Waals surface area contributed by atoms with Crippen LogP contribution in [0.5, 0.6) is 11.5 Å². The van der Waals surface area contributed by atoms with Gasteiger partial charge in [-0.2, -0.15) is 0 Å². The predicted molar refractivity (Wildman–Crippen MR) is 104 cm³/mol. The van der Waals surface area contributed by atoms with Gasteiger partial charge in [0.15, 0.2) is 11.6 Å². The Kier molecular flexibility index (Phi) is 5.95. The number of methoxy groups -OCH3 is 2. The molecule has 0 radical (unpaired) electrons. The zero-order valence-electron chi connectivity index (χ0n) is 16.0. The van der Waals surface area contributed by atoms with Gasteiger partial charge < -0.3 is 14.8 Å². The summed E-state index contributed by atoms with van der Waals surface area (Å²) < 4.78 is 38.5. The second-order valence-electron chi connectivity index (χ2n) is 6.15. The highest BCUT2D eigenvalue weighted by atomic mass is 19.2. The lowest BCUT2D eigenvalue weighted by molar-refractivity contribution is -0.116. The summed E-state index contributed by atoms with van der Waals surface area (Å²) >= 11 is 0. The molecule has 0 aliphatic rings. The second kappa shape index (κ2) is 8.60. The maximum atomic E-state index is 13.4. The van der Waals surface area contributed by atoms with Gasteiger partial charge in [0.05, 0.1) is 19.9 Å². The highest BCUT2D eigenvalue weighted by Gasteiger charge is 2.12. The minimum absolute atomic E-state index is 0.0175. The number of rotatable bonds is 6. The molecule has 8 nitrogen and oxygen atoms in total. The van der Waals surface area contributed by atoms with Gasteiger partial charge >= 0.3 is 11.1 Å². The van der Waals surface area contributed by atoms with Gasteiger partial charge in [-0.05, 0) is 12.1 Å². The van der Waals surface area contributed by atoms with E-state index in [0.29, 0.717) is 17.2 Å². The molecule has 2 aromatic carbocycles. The third kappa shape index (κ3) is 4.37. The average molecular weight is 417 g/mol. The number of carbonyl (C=O) groups is 1. The van der Waals surface area contributed by atoms with Crippen molar-refractivity contribution in [3.05, 3.63) is 81.1 Å². The number of aromatic nitrogens is 2. The first-order valence-corrected chi connectivity index (χ1v) is 8.63. The van der Waals surface area contributed by atoms with Crippen LogP contribution in [-0.4, -0.2) is 29.3 Å². The molecule has 3 aromatic rings. The molecule has 1 amide bonds. The first-order valence-electron chi connectivity index (χ1n) is 8.63. The number of halogens is 2. The Balaban J connectivity index is 1.83. The van der Waals surface area contributed by atoms with Crippen molar-refractivity contribution in [2.45, 2.75) is 6.54 Å². The van der Waals surface area contributed by atoms with Crippen molar-refractivity contribution < 1.29 is 23.0 Å². The highest BCUT2D eigenvalue weighted by molar-refractivity contribution is 5.91. The van der Waals surface area contributed by atoms with Crippen LogP contribution in [0.2, 0.25) is 0 Å². The number of carbonyl (C=O) groups excluding carboxylic acids is 1. The van der Waals surface area contributed by atoms with E-state index in [2.05, 4.69) is 5.32 Å². The normalized spacial score (nSPS) is 10.5. The van der Waals surface area contributed by atoms with E-state index >= 15 is 0 Å². The summed E-state index contributed by atoms with van der Waals surface area (Å²) in [6.45, 7) is -0.438. The summed E-state index contributed by atoms with van der Waals surface area (Å²) in [7, 11) is 2.92. The quantitative estimate of drug-likeness (QED) is 0.619. The fourth-order valence-electron chi connectivity index (χ4n) is 2.71. The molecule has 0 atom stereocenters. The second-order valence-corrected chi connectivity index (χ2v) is 6.15. The maximum Gasteiger partial charge on any atom is 0.320 e. The summed E-state index contributed by atoms with van der Waals surface area (Å²) in [5, 5.41) is 2.59. The van der Waals surface area contributed by atoms with E-state index in [1.807, 2.05) is 0 Å². The smallest absolute Gasteiger partial charge is 0.320 e. The Morgan fingerprint density at radius 1 is 0.933 bits per heavy atom. The molecular formula is C20H17F2N3O5. The van der Waals surface area contributed by atoms with Crippen molar-refractivity contribution in [2.24, 2.45) is 0 Å². The Morgan fingerprint density at radius 2 is 1.60 bits per heavy atom. The highest BCUT2D eigenvalue weighted by Crippen LogP contribution is 2.25. The fraction of sp³-hybridized carbons (Fsp3) is 0.150. The lowest BCUT2D eigenvalue weighted by Gasteiger charge is -2.11. The van der Waals surface area contributed by atoms with Crippen LogP contribution >= 0.6 is 0 Å². The van der Waals surface area contributed by atoms with E-state index in [1.54, 1.807) is 18.2 Å². The van der Waals surface area contributed by atoms with Gasteiger partial charge in [0, 0.05) is 42.3 Å². The van der Waals surface area contributed by atoms with Crippen LogP contribution in [0.4, 0.5) is 14.5 Å². The molecule has 1 N–H and O–H groups in total. The van der Waals surface area contributed by atoms with Gasteiger partial charge in [-0.1, -0.05) is 0 Å². The number of nitrogens with zero attached hydrogens (tertiary/aromatic N) is 2. The molecule has 0 saturated heterocycles. The largest absolute Gasteiger partial charge is 0.497 e. The van der Waals surface area contributed by atoms with Gasteiger partial charge in [-0.3, -0.25) is 23.5 Å². The van der Waals surface area contributed by atoms with E-state index in [4.69, 9.17) is 9.47 Å². The van der Waals surface area contributed by atoms with Gasteiger partial charge in [-0.25, -0.2) is 8.78 Å². The van der Waals surface area contributed by atoms with Gasteiger partial charge in [0.25, 0.3) is 0 Å². The van der Waals surface area contributed by atoms with Crippen LogP contribution in [-0.2, 0) is 11.3 Å². The van der Waals surface area contributed by atoms with Crippen molar-refractivity contribution in [1.82, 2.24) is 9.13 Å². The zero-order chi connectivity index (χ0) is 21.8. The van der Waals surface area contributed by atoms with Gasteiger partial charge in [0.2, 0.25) is 5.91 Å². The molecule has 0 fully saturated rings.